The number of methoxy groups -OCH3 is 1. The van der Waals surface area contributed by atoms with Gasteiger partial charge in [0.15, 0.2) is 17.3 Å². The molecule has 3 aliphatic heterocycles. The number of aromatic nitrogens is 3. The number of aryl methyl sites for hydroxylation is 1. The van der Waals surface area contributed by atoms with Crippen LogP contribution in [-0.4, -0.2) is 59.3 Å². The fourth-order valence-corrected chi connectivity index (χ4v) is 20.6. The van der Waals surface area contributed by atoms with E-state index in [1.165, 1.54) is 66.0 Å². The number of fused-ring (bicyclic) bond motifs is 9. The molecule has 0 atom stereocenters. The Hall–Kier alpha value is -8.95. The van der Waals surface area contributed by atoms with Crippen LogP contribution in [-0.2, 0) is 32.5 Å². The lowest BCUT2D eigenvalue weighted by molar-refractivity contribution is 0.105. The molecular weight excluding hydrogens is 1290 g/mol. The van der Waals surface area contributed by atoms with Crippen LogP contribution in [0.2, 0.25) is 0 Å². The van der Waals surface area contributed by atoms with Gasteiger partial charge in [-0.1, -0.05) is 151 Å². The van der Waals surface area contributed by atoms with Crippen molar-refractivity contribution >= 4 is 158 Å². The van der Waals surface area contributed by atoms with Gasteiger partial charge in [0.05, 0.1) is 24.2 Å². The maximum atomic E-state index is 13.5. The Kier molecular flexibility index (Phi) is 16.9. The molecule has 13 nitrogen and oxygen atoms in total. The molecule has 8 aromatic carbocycles. The molecule has 0 N–H and O–H groups in total. The van der Waals surface area contributed by atoms with Gasteiger partial charge in [-0.05, 0) is 114 Å². The first-order valence-corrected chi connectivity index (χ1v) is 35.7. The van der Waals surface area contributed by atoms with Crippen LogP contribution in [0, 0.1) is 6.92 Å². The monoisotopic (exact) mass is 1350 g/mol. The molecule has 6 heterocycles. The van der Waals surface area contributed by atoms with Gasteiger partial charge in [0, 0.05) is 102 Å². The lowest BCUT2D eigenvalue weighted by Crippen LogP contribution is -2.34. The molecule has 3 aromatic heterocycles. The fourth-order valence-electron chi connectivity index (χ4n) is 12.6. The molecule has 0 amide bonds. The van der Waals surface area contributed by atoms with E-state index in [1.807, 2.05) is 109 Å². The van der Waals surface area contributed by atoms with Crippen molar-refractivity contribution in [1.82, 2.24) is 13.7 Å². The van der Waals surface area contributed by atoms with Crippen molar-refractivity contribution in [3.05, 3.63) is 256 Å². The highest BCUT2D eigenvalue weighted by Crippen LogP contribution is 2.50. The van der Waals surface area contributed by atoms with Crippen LogP contribution in [0.15, 0.2) is 193 Å². The standard InChI is InChI=1S/C26H22N2O3S2.C26H20N2O2S2.C23H20N2O2S2/c1-4-28-22(15-21(29)17-9-12-18(31-3)13-10-17)32-24(25(28)30)26-27(2)20-14-11-16-7-5-6-8-19(16)23(20)33-26;1-3-28-24(30)23(32-25(28)19-14-16-9-5-6-10-17(16)21(19)29)26-27(2)20-13-12-15-8-4-7-11-18(15)22(20)31-26;1-4-25-21(27)20(23-24(3)17-10-9-13(2)11-18(17)28-23)29-22(25)16-12-14-7-5-6-8-15(14)19(16)26/h5-15H,4H2,1-3H3;4-13H,3,14H2,1-2H3;5-11H,4,12H2,1-3H3/b22-15+,26-24+;25-19-,26-23+;22-16-,23-20+. The van der Waals surface area contributed by atoms with Crippen molar-refractivity contribution in [2.75, 3.05) is 43.0 Å². The molecule has 0 saturated carbocycles. The topological polar surface area (TPSA) is 136 Å². The number of thioether (sulfide) groups is 3. The summed E-state index contributed by atoms with van der Waals surface area (Å²) in [5.41, 5.74) is 10.0. The highest BCUT2D eigenvalue weighted by atomic mass is 32.2. The van der Waals surface area contributed by atoms with Gasteiger partial charge in [-0.25, -0.2) is 0 Å². The first-order valence-electron chi connectivity index (χ1n) is 30.8. The van der Waals surface area contributed by atoms with Gasteiger partial charge >= 0.3 is 0 Å². The Morgan fingerprint density at radius 3 is 1.41 bits per heavy atom. The maximum Gasteiger partial charge on any atom is 0.271 e. The van der Waals surface area contributed by atoms with Crippen molar-refractivity contribution in [3.63, 3.8) is 0 Å². The van der Waals surface area contributed by atoms with Gasteiger partial charge in [0.1, 0.15) is 48.4 Å². The van der Waals surface area contributed by atoms with E-state index in [9.17, 15) is 28.8 Å². The summed E-state index contributed by atoms with van der Waals surface area (Å²) < 4.78 is 14.7. The van der Waals surface area contributed by atoms with Crippen LogP contribution in [0.4, 0.5) is 17.1 Å². The number of thiazole rings is 3. The average molecular weight is 1350 g/mol. The molecule has 5 aliphatic rings. The normalized spacial score (nSPS) is 17.5. The summed E-state index contributed by atoms with van der Waals surface area (Å²) in [6, 6.07) is 53.9. The molecule has 0 radical (unpaired) electrons. The third-order valence-electron chi connectivity index (χ3n) is 17.6. The number of carbonyl (C=O) groups is 3. The predicted octanol–water partition coefficient (Wildman–Crippen LogP) is 11.2. The first kappa shape index (κ1) is 62.5. The number of hydrogen-bond acceptors (Lipinski definition) is 16. The number of hydrogen-bond donors (Lipinski definition) is 0. The summed E-state index contributed by atoms with van der Waals surface area (Å²) in [7, 11) is 7.60. The molecule has 94 heavy (non-hydrogen) atoms. The second kappa shape index (κ2) is 25.4. The van der Waals surface area contributed by atoms with E-state index in [1.54, 1.807) is 86.4 Å². The van der Waals surface area contributed by atoms with E-state index >= 15 is 0 Å². The highest BCUT2D eigenvalue weighted by molar-refractivity contribution is 8.09. The second-order valence-electron chi connectivity index (χ2n) is 23.1. The Morgan fingerprint density at radius 1 is 0.489 bits per heavy atom. The summed E-state index contributed by atoms with van der Waals surface area (Å²) in [4.78, 5) is 88.9. The van der Waals surface area contributed by atoms with Gasteiger partial charge in [-0.3, -0.25) is 42.5 Å². The lowest BCUT2D eigenvalue weighted by Gasteiger charge is -2.12. The average Bonchev–Trinajstić information content (AvgIpc) is 1.67. The van der Waals surface area contributed by atoms with Crippen LogP contribution in [0.25, 0.3) is 53.9 Å². The fraction of sp³-hybridized carbons (Fsp3) is 0.173. The molecular formula is C75H62N6O7S6. The summed E-state index contributed by atoms with van der Waals surface area (Å²) in [5, 5.41) is 7.51. The van der Waals surface area contributed by atoms with Crippen molar-refractivity contribution < 1.29 is 19.1 Å². The van der Waals surface area contributed by atoms with Crippen molar-refractivity contribution in [2.45, 2.75) is 74.9 Å². The van der Waals surface area contributed by atoms with Crippen molar-refractivity contribution in [2.24, 2.45) is 0 Å². The van der Waals surface area contributed by atoms with Crippen LogP contribution in [0.3, 0.4) is 0 Å². The second-order valence-corrected chi connectivity index (χ2v) is 29.1. The molecule has 2 aliphatic carbocycles. The third kappa shape index (κ3) is 10.8. The van der Waals surface area contributed by atoms with E-state index in [4.69, 9.17) is 4.74 Å². The summed E-state index contributed by atoms with van der Waals surface area (Å²) in [6.07, 6.45) is 2.73. The zero-order valence-electron chi connectivity index (χ0n) is 52.7. The van der Waals surface area contributed by atoms with E-state index < -0.39 is 0 Å². The molecule has 0 saturated heterocycles. The maximum absolute atomic E-state index is 13.5. The minimum atomic E-state index is -0.139. The Balaban J connectivity index is 0.000000122. The largest absolute Gasteiger partial charge is 0.497 e. The number of ether oxygens (including phenoxy) is 1. The predicted molar refractivity (Wildman–Crippen MR) is 390 cm³/mol. The summed E-state index contributed by atoms with van der Waals surface area (Å²) >= 11 is 9.18. The van der Waals surface area contributed by atoms with Crippen LogP contribution >= 0.6 is 69.3 Å². The molecule has 16 rings (SSSR count). The number of ketones is 3. The number of rotatable bonds is 6. The molecule has 0 fully saturated rings. The van der Waals surface area contributed by atoms with E-state index in [0.29, 0.717) is 62.0 Å². The quantitative estimate of drug-likeness (QED) is 0.146. The Morgan fingerprint density at radius 2 is 0.926 bits per heavy atom. The van der Waals surface area contributed by atoms with Crippen molar-refractivity contribution in [1.29, 1.82) is 0 Å². The van der Waals surface area contributed by atoms with Gasteiger partial charge in [-0.15, -0.1) is 34.0 Å². The van der Waals surface area contributed by atoms with E-state index in [0.717, 1.165) is 84.7 Å². The van der Waals surface area contributed by atoms with Gasteiger partial charge in [0.25, 0.3) is 16.7 Å². The third-order valence-corrected chi connectivity index (χ3v) is 25.4. The van der Waals surface area contributed by atoms with E-state index in [2.05, 4.69) is 94.4 Å². The minimum Gasteiger partial charge on any atom is -0.497 e. The van der Waals surface area contributed by atoms with Crippen molar-refractivity contribution in [3.8, 4) is 5.75 Å². The Bertz CT molecular complexity index is 5660. The van der Waals surface area contributed by atoms with Crippen LogP contribution < -0.4 is 63.7 Å². The highest BCUT2D eigenvalue weighted by Gasteiger charge is 2.33. The smallest absolute Gasteiger partial charge is 0.271 e. The SMILES string of the molecule is CCn1c(=O)/c(=C2\Sc3c(ccc4ccccc34)N2C)s/c1=C/C(=O)c1ccc(OC)cc1.CCn1c(=O)/c(=C2\Sc3c(ccc4ccccc34)N2C)s/c1=C1/Cc2ccccc2C1=O.CCn1c(=O)/c(=C2\Sc3cc(C)ccc3N2C)s/c1=C1/Cc2ccccc2C1=O. The lowest BCUT2D eigenvalue weighted by atomic mass is 10.1. The molecule has 11 aromatic rings. The van der Waals surface area contributed by atoms with Gasteiger partial charge in [-0.2, -0.15) is 0 Å². The number of Topliss-reactive ketones (excluding diaryl/α,β-unsaturated/α-hetero) is 3. The molecule has 0 unspecified atom stereocenters. The molecule has 0 bridgehead atoms. The number of anilines is 3. The minimum absolute atomic E-state index is 0.0114. The van der Waals surface area contributed by atoms with Crippen LogP contribution in [0.1, 0.15) is 68.5 Å². The molecule has 0 spiro atoms. The number of carbonyl (C=O) groups excluding carboxylic acids is 3. The number of benzene rings is 8. The Labute approximate surface area is 565 Å². The van der Waals surface area contributed by atoms with E-state index in [-0.39, 0.29) is 34.0 Å². The van der Waals surface area contributed by atoms with Crippen LogP contribution in [0.5, 0.6) is 5.75 Å². The zero-order valence-corrected chi connectivity index (χ0v) is 57.6. The zero-order chi connectivity index (χ0) is 65.4. The molecule has 19 heteroatoms. The summed E-state index contributed by atoms with van der Waals surface area (Å²) in [5.74, 6) is 0.647. The number of nitrogens with zero attached hydrogens (tertiary/aromatic N) is 6. The van der Waals surface area contributed by atoms with Gasteiger partial charge in [0.2, 0.25) is 0 Å². The van der Waals surface area contributed by atoms with Gasteiger partial charge < -0.3 is 19.4 Å². The first-order chi connectivity index (χ1) is 45.6. The summed E-state index contributed by atoms with van der Waals surface area (Å²) in [6.45, 7) is 9.50. The molecule has 470 valence electrons.